The summed E-state index contributed by atoms with van der Waals surface area (Å²) >= 11 is 0. The molecule has 0 heterocycles. The minimum absolute atomic E-state index is 0.0268. The maximum Gasteiger partial charge on any atom is 0.276 e. The van der Waals surface area contributed by atoms with Crippen LogP contribution in [-0.4, -0.2) is 17.1 Å². The zero-order chi connectivity index (χ0) is 13.1. The Hall–Kier alpha value is -1.62. The highest BCUT2D eigenvalue weighted by atomic mass is 16.6. The third kappa shape index (κ3) is 2.79. The average Bonchev–Trinajstić information content (AvgIpc) is 2.34. The number of hydrogen-bond donors (Lipinski definition) is 1. The lowest BCUT2D eigenvalue weighted by Crippen LogP contribution is -2.41. The molecule has 1 fully saturated rings. The van der Waals surface area contributed by atoms with Crippen LogP contribution in [0.2, 0.25) is 0 Å². The molecule has 2 rings (SSSR count). The van der Waals surface area contributed by atoms with Crippen molar-refractivity contribution in [3.8, 4) is 5.75 Å². The molecule has 2 atom stereocenters. The fourth-order valence-electron chi connectivity index (χ4n) is 2.31. The monoisotopic (exact) mass is 250 g/mol. The molecule has 2 unspecified atom stereocenters. The topological polar surface area (TPSA) is 78.4 Å². The van der Waals surface area contributed by atoms with Crippen LogP contribution in [0.4, 0.5) is 5.69 Å². The smallest absolute Gasteiger partial charge is 0.276 e. The molecule has 0 saturated heterocycles. The van der Waals surface area contributed by atoms with Gasteiger partial charge >= 0.3 is 0 Å². The second-order valence-corrected chi connectivity index (χ2v) is 4.81. The van der Waals surface area contributed by atoms with Crippen molar-refractivity contribution < 1.29 is 9.66 Å². The van der Waals surface area contributed by atoms with Gasteiger partial charge in [0, 0.05) is 11.6 Å². The van der Waals surface area contributed by atoms with E-state index in [0.29, 0.717) is 11.3 Å². The molecule has 1 aliphatic rings. The van der Waals surface area contributed by atoms with Gasteiger partial charge in [0.25, 0.3) is 5.69 Å². The van der Waals surface area contributed by atoms with Gasteiger partial charge in [-0.3, -0.25) is 10.1 Å². The summed E-state index contributed by atoms with van der Waals surface area (Å²) in [6.07, 6.45) is 4.09. The first-order chi connectivity index (χ1) is 8.58. The van der Waals surface area contributed by atoms with Crippen molar-refractivity contribution in [2.75, 3.05) is 0 Å². The molecule has 18 heavy (non-hydrogen) atoms. The van der Waals surface area contributed by atoms with Gasteiger partial charge in [-0.05, 0) is 38.3 Å². The van der Waals surface area contributed by atoms with E-state index in [2.05, 4.69) is 0 Å². The lowest BCUT2D eigenvalue weighted by Gasteiger charge is -2.29. The number of benzene rings is 1. The molecule has 98 valence electrons. The summed E-state index contributed by atoms with van der Waals surface area (Å²) in [5.74, 6) is 0.537. The third-order valence-corrected chi connectivity index (χ3v) is 3.42. The van der Waals surface area contributed by atoms with Crippen LogP contribution in [0.5, 0.6) is 5.75 Å². The van der Waals surface area contributed by atoms with E-state index in [1.807, 2.05) is 0 Å². The number of nitrogens with two attached hydrogens (primary N) is 1. The molecule has 0 radical (unpaired) electrons. The first-order valence-electron chi connectivity index (χ1n) is 6.25. The van der Waals surface area contributed by atoms with Gasteiger partial charge in [0.2, 0.25) is 0 Å². The van der Waals surface area contributed by atoms with Gasteiger partial charge in [0.05, 0.1) is 11.0 Å². The molecule has 0 bridgehead atoms. The van der Waals surface area contributed by atoms with Crippen LogP contribution in [0, 0.1) is 17.0 Å². The highest BCUT2D eigenvalue weighted by Gasteiger charge is 2.24. The minimum atomic E-state index is -0.386. The Balaban J connectivity index is 2.14. The van der Waals surface area contributed by atoms with E-state index < -0.39 is 0 Å². The molecule has 1 aromatic rings. The van der Waals surface area contributed by atoms with Crippen molar-refractivity contribution in [2.45, 2.75) is 44.8 Å². The van der Waals surface area contributed by atoms with E-state index in [9.17, 15) is 10.1 Å². The van der Waals surface area contributed by atoms with Gasteiger partial charge in [-0.1, -0.05) is 6.42 Å². The van der Waals surface area contributed by atoms with Gasteiger partial charge in [-0.25, -0.2) is 0 Å². The minimum Gasteiger partial charge on any atom is -0.489 e. The summed E-state index contributed by atoms with van der Waals surface area (Å²) in [5.41, 5.74) is 6.73. The Kier molecular flexibility index (Phi) is 3.81. The SMILES string of the molecule is Cc1ccc(OC2CCCCC2N)cc1[N+](=O)[O-]. The summed E-state index contributed by atoms with van der Waals surface area (Å²) in [4.78, 5) is 10.5. The average molecular weight is 250 g/mol. The van der Waals surface area contributed by atoms with Crippen molar-refractivity contribution in [3.63, 3.8) is 0 Å². The van der Waals surface area contributed by atoms with Gasteiger partial charge in [0.1, 0.15) is 11.9 Å². The zero-order valence-electron chi connectivity index (χ0n) is 10.5. The molecule has 1 saturated carbocycles. The molecule has 0 amide bonds. The third-order valence-electron chi connectivity index (χ3n) is 3.42. The Labute approximate surface area is 106 Å². The van der Waals surface area contributed by atoms with E-state index in [4.69, 9.17) is 10.5 Å². The fourth-order valence-corrected chi connectivity index (χ4v) is 2.31. The van der Waals surface area contributed by atoms with Crippen molar-refractivity contribution in [1.29, 1.82) is 0 Å². The van der Waals surface area contributed by atoms with Crippen LogP contribution < -0.4 is 10.5 Å². The van der Waals surface area contributed by atoms with Crippen molar-refractivity contribution in [3.05, 3.63) is 33.9 Å². The molecule has 1 aromatic carbocycles. The van der Waals surface area contributed by atoms with Crippen LogP contribution in [-0.2, 0) is 0 Å². The van der Waals surface area contributed by atoms with Crippen molar-refractivity contribution >= 4 is 5.69 Å². The van der Waals surface area contributed by atoms with E-state index in [1.165, 1.54) is 6.07 Å². The van der Waals surface area contributed by atoms with Gasteiger partial charge in [0.15, 0.2) is 0 Å². The van der Waals surface area contributed by atoms with Gasteiger partial charge in [-0.2, -0.15) is 0 Å². The first kappa shape index (κ1) is 12.8. The molecule has 0 aromatic heterocycles. The van der Waals surface area contributed by atoms with Crippen molar-refractivity contribution in [1.82, 2.24) is 0 Å². The maximum atomic E-state index is 10.9. The van der Waals surface area contributed by atoms with E-state index in [1.54, 1.807) is 19.1 Å². The quantitative estimate of drug-likeness (QED) is 0.660. The zero-order valence-corrected chi connectivity index (χ0v) is 10.5. The number of rotatable bonds is 3. The molecule has 0 aliphatic heterocycles. The Morgan fingerprint density at radius 2 is 2.11 bits per heavy atom. The summed E-state index contributed by atoms with van der Waals surface area (Å²) in [5, 5.41) is 10.9. The number of ether oxygens (including phenoxy) is 1. The Bertz CT molecular complexity index is 448. The molecule has 0 spiro atoms. The van der Waals surface area contributed by atoms with Gasteiger partial charge in [-0.15, -0.1) is 0 Å². The molecular formula is C13H18N2O3. The van der Waals surface area contributed by atoms with E-state index in [0.717, 1.165) is 25.7 Å². The first-order valence-corrected chi connectivity index (χ1v) is 6.25. The van der Waals surface area contributed by atoms with Crippen LogP contribution >= 0.6 is 0 Å². The molecule has 5 nitrogen and oxygen atoms in total. The molecule has 5 heteroatoms. The number of nitro groups is 1. The molecular weight excluding hydrogens is 232 g/mol. The molecule has 2 N–H and O–H groups in total. The van der Waals surface area contributed by atoms with Crippen LogP contribution in [0.3, 0.4) is 0 Å². The van der Waals surface area contributed by atoms with Crippen molar-refractivity contribution in [2.24, 2.45) is 5.73 Å². The second-order valence-electron chi connectivity index (χ2n) is 4.81. The fraction of sp³-hybridized carbons (Fsp3) is 0.538. The Morgan fingerprint density at radius 1 is 1.39 bits per heavy atom. The largest absolute Gasteiger partial charge is 0.489 e. The summed E-state index contributed by atoms with van der Waals surface area (Å²) in [6, 6.07) is 4.99. The number of aryl methyl sites for hydroxylation is 1. The van der Waals surface area contributed by atoms with Crippen LogP contribution in [0.15, 0.2) is 18.2 Å². The maximum absolute atomic E-state index is 10.9. The van der Waals surface area contributed by atoms with Gasteiger partial charge < -0.3 is 10.5 Å². The number of nitro benzene ring substituents is 1. The summed E-state index contributed by atoms with van der Waals surface area (Å²) in [7, 11) is 0. The normalized spacial score (nSPS) is 23.7. The lowest BCUT2D eigenvalue weighted by atomic mass is 9.93. The predicted molar refractivity (Wildman–Crippen MR) is 68.7 cm³/mol. The summed E-state index contributed by atoms with van der Waals surface area (Å²) < 4.78 is 5.78. The summed E-state index contributed by atoms with van der Waals surface area (Å²) in [6.45, 7) is 1.72. The van der Waals surface area contributed by atoms with E-state index >= 15 is 0 Å². The second kappa shape index (κ2) is 5.35. The Morgan fingerprint density at radius 3 is 2.78 bits per heavy atom. The van der Waals surface area contributed by atoms with Crippen LogP contribution in [0.1, 0.15) is 31.2 Å². The van der Waals surface area contributed by atoms with Crippen LogP contribution in [0.25, 0.3) is 0 Å². The molecule has 1 aliphatic carbocycles. The predicted octanol–water partition coefficient (Wildman–Crippen LogP) is 2.55. The number of hydrogen-bond acceptors (Lipinski definition) is 4. The highest BCUT2D eigenvalue weighted by molar-refractivity contribution is 5.45. The van der Waals surface area contributed by atoms with E-state index in [-0.39, 0.29) is 22.8 Å². The number of nitrogens with zero attached hydrogens (tertiary/aromatic N) is 1. The highest BCUT2D eigenvalue weighted by Crippen LogP contribution is 2.27. The lowest BCUT2D eigenvalue weighted by molar-refractivity contribution is -0.385. The standard InChI is InChI=1S/C13H18N2O3/c1-9-6-7-10(8-12(9)15(16)17)18-13-5-3-2-4-11(13)14/h6-8,11,13H,2-5,14H2,1H3.